The summed E-state index contributed by atoms with van der Waals surface area (Å²) in [4.78, 5) is 25.0. The van der Waals surface area contributed by atoms with Crippen molar-refractivity contribution in [1.82, 2.24) is 4.90 Å². The van der Waals surface area contributed by atoms with Crippen LogP contribution in [-0.2, 0) is 9.59 Å². The van der Waals surface area contributed by atoms with E-state index in [1.54, 1.807) is 29.2 Å². The molecule has 1 saturated heterocycles. The van der Waals surface area contributed by atoms with E-state index in [9.17, 15) is 9.59 Å². The fourth-order valence-electron chi connectivity index (χ4n) is 1.86. The van der Waals surface area contributed by atoms with Crippen LogP contribution in [0.15, 0.2) is 29.2 Å². The van der Waals surface area contributed by atoms with Crippen molar-refractivity contribution in [2.24, 2.45) is 0 Å². The summed E-state index contributed by atoms with van der Waals surface area (Å²) in [6.45, 7) is 3.87. The molecule has 0 unspecified atom stereocenters. The molecule has 0 radical (unpaired) electrons. The van der Waals surface area contributed by atoms with E-state index in [0.29, 0.717) is 21.5 Å². The highest BCUT2D eigenvalue weighted by Gasteiger charge is 2.30. The third-order valence-electron chi connectivity index (χ3n) is 3.01. The maximum atomic E-state index is 12.1. The molecule has 22 heavy (non-hydrogen) atoms. The van der Waals surface area contributed by atoms with Crippen molar-refractivity contribution in [2.75, 3.05) is 6.54 Å². The topological polar surface area (TPSA) is 66.8 Å². The molecule has 1 N–H and O–H groups in total. The smallest absolute Gasteiger partial charge is 0.344 e. The second-order valence-corrected chi connectivity index (χ2v) is 6.27. The molecule has 1 aromatic rings. The summed E-state index contributed by atoms with van der Waals surface area (Å²) >= 11 is 6.42. The standard InChI is InChI=1S/C15H15NO4S2/c1-3-16-13(17)12(22-15(16)21)8-10-5-4-6-11(7-10)20-9(2)14(18)19/h4-9H,3H2,1-2H3,(H,18,19)/b12-8+/t9-/m1/s1. The first-order chi connectivity index (χ1) is 10.4. The van der Waals surface area contributed by atoms with Crippen molar-refractivity contribution in [3.63, 3.8) is 0 Å². The van der Waals surface area contributed by atoms with Gasteiger partial charge in [0.05, 0.1) is 4.91 Å². The first-order valence-corrected chi connectivity index (χ1v) is 7.89. The van der Waals surface area contributed by atoms with Crippen LogP contribution in [0.25, 0.3) is 6.08 Å². The van der Waals surface area contributed by atoms with Crippen LogP contribution in [0.1, 0.15) is 19.4 Å². The van der Waals surface area contributed by atoms with E-state index < -0.39 is 12.1 Å². The average molecular weight is 337 g/mol. The van der Waals surface area contributed by atoms with Gasteiger partial charge in [-0.05, 0) is 37.6 Å². The molecule has 1 aliphatic heterocycles. The fraction of sp³-hybridized carbons (Fsp3) is 0.267. The van der Waals surface area contributed by atoms with Gasteiger partial charge in [0, 0.05) is 6.54 Å². The molecule has 1 heterocycles. The minimum atomic E-state index is -1.03. The van der Waals surface area contributed by atoms with Crippen molar-refractivity contribution in [3.8, 4) is 5.75 Å². The van der Waals surface area contributed by atoms with E-state index in [1.807, 2.05) is 13.0 Å². The van der Waals surface area contributed by atoms with Crippen molar-refractivity contribution in [2.45, 2.75) is 20.0 Å². The highest BCUT2D eigenvalue weighted by molar-refractivity contribution is 8.26. The number of carboxylic acids is 1. The van der Waals surface area contributed by atoms with E-state index in [-0.39, 0.29) is 5.91 Å². The molecule has 1 amide bonds. The van der Waals surface area contributed by atoms with Crippen LogP contribution in [0, 0.1) is 0 Å². The van der Waals surface area contributed by atoms with E-state index in [1.165, 1.54) is 18.7 Å². The average Bonchev–Trinajstić information content (AvgIpc) is 2.73. The van der Waals surface area contributed by atoms with E-state index >= 15 is 0 Å². The predicted molar refractivity (Wildman–Crippen MR) is 89.7 cm³/mol. The van der Waals surface area contributed by atoms with E-state index in [0.717, 1.165) is 5.56 Å². The van der Waals surface area contributed by atoms with Gasteiger partial charge >= 0.3 is 5.97 Å². The molecule has 1 atom stereocenters. The van der Waals surface area contributed by atoms with Crippen LogP contribution in [-0.4, -0.2) is 38.9 Å². The Morgan fingerprint density at radius 3 is 2.86 bits per heavy atom. The van der Waals surface area contributed by atoms with Crippen LogP contribution < -0.4 is 4.74 Å². The van der Waals surface area contributed by atoms with Gasteiger partial charge in [-0.25, -0.2) is 4.79 Å². The third kappa shape index (κ3) is 3.66. The Labute approximate surface area is 137 Å². The number of thiocarbonyl (C=S) groups is 1. The van der Waals surface area contributed by atoms with Crippen LogP contribution in [0.4, 0.5) is 0 Å². The summed E-state index contributed by atoms with van der Waals surface area (Å²) in [6.07, 6.45) is 0.793. The molecule has 0 aromatic heterocycles. The van der Waals surface area contributed by atoms with Crippen LogP contribution in [0.2, 0.25) is 0 Å². The summed E-state index contributed by atoms with van der Waals surface area (Å²) in [5, 5.41) is 8.86. The minimum Gasteiger partial charge on any atom is -0.479 e. The predicted octanol–water partition coefficient (Wildman–Crippen LogP) is 2.76. The van der Waals surface area contributed by atoms with Gasteiger partial charge < -0.3 is 9.84 Å². The van der Waals surface area contributed by atoms with Gasteiger partial charge in [0.1, 0.15) is 10.1 Å². The van der Waals surface area contributed by atoms with Gasteiger partial charge in [-0.1, -0.05) is 36.1 Å². The lowest BCUT2D eigenvalue weighted by molar-refractivity contribution is -0.144. The first-order valence-electron chi connectivity index (χ1n) is 6.67. The zero-order valence-electron chi connectivity index (χ0n) is 12.1. The Hall–Kier alpha value is -1.86. The Bertz CT molecular complexity index is 657. The van der Waals surface area contributed by atoms with Crippen molar-refractivity contribution < 1.29 is 19.4 Å². The molecular weight excluding hydrogens is 322 g/mol. The number of amides is 1. The number of ether oxygens (including phenoxy) is 1. The van der Waals surface area contributed by atoms with Gasteiger partial charge in [0.25, 0.3) is 5.91 Å². The number of benzene rings is 1. The van der Waals surface area contributed by atoms with E-state index in [4.69, 9.17) is 22.1 Å². The zero-order chi connectivity index (χ0) is 16.3. The number of rotatable bonds is 5. The molecule has 0 bridgehead atoms. The molecule has 116 valence electrons. The maximum absolute atomic E-state index is 12.1. The normalized spacial score (nSPS) is 17.9. The number of aliphatic carboxylic acids is 1. The first kappa shape index (κ1) is 16.5. The van der Waals surface area contributed by atoms with Crippen molar-refractivity contribution in [3.05, 3.63) is 34.7 Å². The third-order valence-corrected chi connectivity index (χ3v) is 4.38. The molecule has 1 aliphatic rings. The van der Waals surface area contributed by atoms with E-state index in [2.05, 4.69) is 0 Å². The number of thioether (sulfide) groups is 1. The molecule has 1 fully saturated rings. The summed E-state index contributed by atoms with van der Waals surface area (Å²) in [6, 6.07) is 6.93. The SMILES string of the molecule is CCN1C(=O)/C(=C\c2cccc(O[C@H](C)C(=O)O)c2)SC1=S. The number of likely N-dealkylation sites (N-methyl/N-ethyl adjacent to an activating group) is 1. The Kier molecular flexibility index (Phi) is 5.20. The number of hydrogen-bond acceptors (Lipinski definition) is 5. The lowest BCUT2D eigenvalue weighted by Crippen LogP contribution is -2.27. The molecule has 5 nitrogen and oxygen atoms in total. The van der Waals surface area contributed by atoms with Crippen LogP contribution >= 0.6 is 24.0 Å². The van der Waals surface area contributed by atoms with Gasteiger partial charge in [0.15, 0.2) is 6.10 Å². The number of nitrogens with zero attached hydrogens (tertiary/aromatic N) is 1. The molecule has 1 aromatic carbocycles. The molecule has 0 aliphatic carbocycles. The number of hydrogen-bond donors (Lipinski definition) is 1. The van der Waals surface area contributed by atoms with Gasteiger partial charge in [-0.2, -0.15) is 0 Å². The lowest BCUT2D eigenvalue weighted by atomic mass is 10.2. The summed E-state index contributed by atoms with van der Waals surface area (Å²) in [5.74, 6) is -0.702. The van der Waals surface area contributed by atoms with Gasteiger partial charge in [-0.3, -0.25) is 9.69 Å². The second-order valence-electron chi connectivity index (χ2n) is 4.60. The van der Waals surface area contributed by atoms with Crippen LogP contribution in [0.5, 0.6) is 5.75 Å². The van der Waals surface area contributed by atoms with Crippen molar-refractivity contribution >= 4 is 46.3 Å². The van der Waals surface area contributed by atoms with Crippen LogP contribution in [0.3, 0.4) is 0 Å². The minimum absolute atomic E-state index is 0.109. The Morgan fingerprint density at radius 2 is 2.27 bits per heavy atom. The largest absolute Gasteiger partial charge is 0.479 e. The Balaban J connectivity index is 2.20. The number of carbonyl (C=O) groups is 2. The second kappa shape index (κ2) is 6.93. The highest BCUT2D eigenvalue weighted by Crippen LogP contribution is 2.32. The molecular formula is C15H15NO4S2. The fourth-order valence-corrected chi connectivity index (χ4v) is 3.24. The number of carboxylic acid groups (broad SMARTS) is 1. The molecule has 0 saturated carbocycles. The highest BCUT2D eigenvalue weighted by atomic mass is 32.2. The summed E-state index contributed by atoms with van der Waals surface area (Å²) in [7, 11) is 0. The van der Waals surface area contributed by atoms with Crippen molar-refractivity contribution in [1.29, 1.82) is 0 Å². The molecule has 0 spiro atoms. The molecule has 7 heteroatoms. The summed E-state index contributed by atoms with van der Waals surface area (Å²) in [5.41, 5.74) is 0.756. The van der Waals surface area contributed by atoms with Gasteiger partial charge in [0.2, 0.25) is 0 Å². The zero-order valence-corrected chi connectivity index (χ0v) is 13.7. The molecule has 2 rings (SSSR count). The number of carbonyl (C=O) groups excluding carboxylic acids is 1. The lowest BCUT2D eigenvalue weighted by Gasteiger charge is -2.11. The summed E-state index contributed by atoms with van der Waals surface area (Å²) < 4.78 is 5.86. The Morgan fingerprint density at radius 1 is 1.55 bits per heavy atom. The quantitative estimate of drug-likeness (QED) is 0.658. The monoisotopic (exact) mass is 337 g/mol. The van der Waals surface area contributed by atoms with Gasteiger partial charge in [-0.15, -0.1) is 0 Å². The maximum Gasteiger partial charge on any atom is 0.344 e.